The van der Waals surface area contributed by atoms with Crippen LogP contribution in [0.4, 0.5) is 0 Å². The lowest BCUT2D eigenvalue weighted by atomic mass is 9.87. The number of aromatic nitrogens is 6. The van der Waals surface area contributed by atoms with Crippen molar-refractivity contribution in [3.8, 4) is 34.1 Å². The van der Waals surface area contributed by atoms with Gasteiger partial charge in [0.15, 0.2) is 0 Å². The van der Waals surface area contributed by atoms with Gasteiger partial charge in [0.1, 0.15) is 60.5 Å². The standard InChI is InChI=1S/C20H21Cl2N3O2.C20H22ClN3O3/c1-20(2,11-21)18(26)19(25-13-23-12-24-25)27-17-9-5-15(6-10-17)14-3-7-16(22)8-4-14;1-20(2,12-21)18(25)19(24-14-22-13-23-24)27-17-10-8-16(9-11-17)26-15-6-4-3-5-7-15/h3-10,12-13,18-19,26H,11H2,1-2H3;3-11,13-14,18-19,25H,12H2,1-2H3. The normalized spacial score (nSPS) is 13.9. The monoisotopic (exact) mass is 792 g/mol. The van der Waals surface area contributed by atoms with E-state index in [0.717, 1.165) is 16.9 Å². The molecule has 54 heavy (non-hydrogen) atoms. The minimum absolute atomic E-state index is 0.270. The Morgan fingerprint density at radius 1 is 0.574 bits per heavy atom. The third-order valence-electron chi connectivity index (χ3n) is 8.57. The number of aliphatic hydroxyl groups is 2. The molecule has 0 aliphatic rings. The Kier molecular flexibility index (Phi) is 14.0. The van der Waals surface area contributed by atoms with Crippen molar-refractivity contribution in [2.75, 3.05) is 11.8 Å². The second-order valence-electron chi connectivity index (χ2n) is 13.8. The molecule has 0 bridgehead atoms. The number of nitrogens with zero attached hydrogens (tertiary/aromatic N) is 6. The van der Waals surface area contributed by atoms with Gasteiger partial charge >= 0.3 is 0 Å². The third-order valence-corrected chi connectivity index (χ3v) is 10.2. The lowest BCUT2D eigenvalue weighted by molar-refractivity contribution is -0.0718. The molecular formula is C40H43Cl3N6O5. The van der Waals surface area contributed by atoms with Crippen molar-refractivity contribution < 1.29 is 24.4 Å². The Bertz CT molecular complexity index is 1960. The fourth-order valence-corrected chi connectivity index (χ4v) is 5.45. The van der Waals surface area contributed by atoms with Crippen LogP contribution in [0.1, 0.15) is 40.2 Å². The molecule has 0 radical (unpaired) electrons. The van der Waals surface area contributed by atoms with Gasteiger partial charge in [-0.3, -0.25) is 0 Å². The highest BCUT2D eigenvalue weighted by Gasteiger charge is 2.38. The number of hydrogen-bond acceptors (Lipinski definition) is 9. The summed E-state index contributed by atoms with van der Waals surface area (Å²) in [5.41, 5.74) is 0.954. The molecule has 0 amide bonds. The van der Waals surface area contributed by atoms with Crippen LogP contribution < -0.4 is 14.2 Å². The molecule has 0 aliphatic carbocycles. The Morgan fingerprint density at radius 2 is 0.963 bits per heavy atom. The highest BCUT2D eigenvalue weighted by Crippen LogP contribution is 2.34. The van der Waals surface area contributed by atoms with E-state index in [1.807, 2.05) is 107 Å². The van der Waals surface area contributed by atoms with Gasteiger partial charge in [-0.1, -0.05) is 81.8 Å². The van der Waals surface area contributed by atoms with E-state index in [-0.39, 0.29) is 11.8 Å². The predicted octanol–water partition coefficient (Wildman–Crippen LogP) is 9.08. The van der Waals surface area contributed by atoms with E-state index in [0.29, 0.717) is 22.3 Å². The van der Waals surface area contributed by atoms with Crippen LogP contribution in [-0.4, -0.2) is 63.7 Å². The Balaban J connectivity index is 0.000000208. The van der Waals surface area contributed by atoms with Crippen molar-refractivity contribution in [1.82, 2.24) is 29.5 Å². The van der Waals surface area contributed by atoms with Gasteiger partial charge < -0.3 is 24.4 Å². The van der Waals surface area contributed by atoms with Crippen LogP contribution in [0, 0.1) is 10.8 Å². The van der Waals surface area contributed by atoms with Gasteiger partial charge in [0.25, 0.3) is 0 Å². The largest absolute Gasteiger partial charge is 0.466 e. The van der Waals surface area contributed by atoms with Gasteiger partial charge in [-0.2, -0.15) is 10.2 Å². The number of rotatable bonds is 15. The quantitative estimate of drug-likeness (QED) is 0.0979. The summed E-state index contributed by atoms with van der Waals surface area (Å²) in [5, 5.41) is 30.5. The maximum Gasteiger partial charge on any atom is 0.219 e. The van der Waals surface area contributed by atoms with Crippen molar-refractivity contribution in [3.05, 3.63) is 133 Å². The molecular weight excluding hydrogens is 751 g/mol. The number of hydrogen-bond donors (Lipinski definition) is 2. The molecule has 11 nitrogen and oxygen atoms in total. The highest BCUT2D eigenvalue weighted by atomic mass is 35.5. The molecule has 2 heterocycles. The second-order valence-corrected chi connectivity index (χ2v) is 14.8. The van der Waals surface area contributed by atoms with Crippen molar-refractivity contribution >= 4 is 34.8 Å². The first kappa shape index (κ1) is 40.5. The van der Waals surface area contributed by atoms with E-state index in [4.69, 9.17) is 49.0 Å². The van der Waals surface area contributed by atoms with Crippen LogP contribution in [0.2, 0.25) is 5.02 Å². The van der Waals surface area contributed by atoms with E-state index in [1.54, 1.807) is 24.3 Å². The maximum absolute atomic E-state index is 10.8. The summed E-state index contributed by atoms with van der Waals surface area (Å²) in [6, 6.07) is 31.9. The summed E-state index contributed by atoms with van der Waals surface area (Å²) in [7, 11) is 0. The van der Waals surface area contributed by atoms with Crippen molar-refractivity contribution in [2.24, 2.45) is 10.8 Å². The minimum atomic E-state index is -0.892. The fraction of sp³-hybridized carbons (Fsp3) is 0.300. The summed E-state index contributed by atoms with van der Waals surface area (Å²) < 4.78 is 20.8. The van der Waals surface area contributed by atoms with Crippen LogP contribution in [0.25, 0.3) is 11.1 Å². The van der Waals surface area contributed by atoms with Crippen LogP contribution in [0.3, 0.4) is 0 Å². The Morgan fingerprint density at radius 3 is 1.37 bits per heavy atom. The first-order chi connectivity index (χ1) is 25.9. The maximum atomic E-state index is 10.8. The summed E-state index contributed by atoms with van der Waals surface area (Å²) in [4.78, 5) is 7.90. The van der Waals surface area contributed by atoms with E-state index < -0.39 is 35.5 Å². The topological polar surface area (TPSA) is 130 Å². The van der Waals surface area contributed by atoms with Gasteiger partial charge in [-0.25, -0.2) is 19.3 Å². The zero-order valence-electron chi connectivity index (χ0n) is 30.3. The Hall–Kier alpha value is -4.65. The molecule has 0 spiro atoms. The smallest absolute Gasteiger partial charge is 0.219 e. The molecule has 0 fully saturated rings. The highest BCUT2D eigenvalue weighted by molar-refractivity contribution is 6.30. The zero-order chi connectivity index (χ0) is 38.7. The van der Waals surface area contributed by atoms with Crippen molar-refractivity contribution in [1.29, 1.82) is 0 Å². The van der Waals surface area contributed by atoms with Crippen LogP contribution >= 0.6 is 34.8 Å². The molecule has 0 saturated carbocycles. The summed E-state index contributed by atoms with van der Waals surface area (Å²) >= 11 is 18.0. The molecule has 14 heteroatoms. The summed E-state index contributed by atoms with van der Waals surface area (Å²) in [6.45, 7) is 7.49. The van der Waals surface area contributed by atoms with E-state index >= 15 is 0 Å². The van der Waals surface area contributed by atoms with Gasteiger partial charge in [0.05, 0.1) is 0 Å². The Labute approximate surface area is 330 Å². The summed E-state index contributed by atoms with van der Waals surface area (Å²) in [6.07, 6.45) is 2.54. The first-order valence-electron chi connectivity index (χ1n) is 17.1. The molecule has 4 unspecified atom stereocenters. The summed E-state index contributed by atoms with van der Waals surface area (Å²) in [5.74, 6) is 3.17. The fourth-order valence-electron chi connectivity index (χ4n) is 5.01. The van der Waals surface area contributed by atoms with Crippen molar-refractivity contribution in [3.63, 3.8) is 0 Å². The van der Waals surface area contributed by atoms with Crippen LogP contribution in [0.5, 0.6) is 23.0 Å². The molecule has 6 rings (SSSR count). The molecule has 0 aliphatic heterocycles. The average molecular weight is 794 g/mol. The number of aliphatic hydroxyl groups excluding tert-OH is 2. The lowest BCUT2D eigenvalue weighted by Gasteiger charge is -2.34. The molecule has 284 valence electrons. The molecule has 0 saturated heterocycles. The lowest BCUT2D eigenvalue weighted by Crippen LogP contribution is -2.41. The molecule has 4 atom stereocenters. The molecule has 2 N–H and O–H groups in total. The van der Waals surface area contributed by atoms with Crippen LogP contribution in [0.15, 0.2) is 128 Å². The first-order valence-corrected chi connectivity index (χ1v) is 18.5. The van der Waals surface area contributed by atoms with Gasteiger partial charge in [0, 0.05) is 27.6 Å². The van der Waals surface area contributed by atoms with Crippen molar-refractivity contribution in [2.45, 2.75) is 52.4 Å². The van der Waals surface area contributed by atoms with Crippen LogP contribution in [-0.2, 0) is 0 Å². The third kappa shape index (κ3) is 10.7. The number of alkyl halides is 2. The average Bonchev–Trinajstić information content (AvgIpc) is 3.94. The van der Waals surface area contributed by atoms with E-state index in [1.165, 1.54) is 34.7 Å². The van der Waals surface area contributed by atoms with E-state index in [2.05, 4.69) is 20.2 Å². The molecule has 2 aromatic heterocycles. The predicted molar refractivity (Wildman–Crippen MR) is 210 cm³/mol. The number of ether oxygens (including phenoxy) is 3. The van der Waals surface area contributed by atoms with Gasteiger partial charge in [-0.05, 0) is 71.8 Å². The van der Waals surface area contributed by atoms with Gasteiger partial charge in [0.2, 0.25) is 12.5 Å². The van der Waals surface area contributed by atoms with Gasteiger partial charge in [-0.15, -0.1) is 23.2 Å². The minimum Gasteiger partial charge on any atom is -0.466 e. The van der Waals surface area contributed by atoms with E-state index in [9.17, 15) is 10.2 Å². The molecule has 6 aromatic rings. The number of benzene rings is 4. The molecule has 4 aromatic carbocycles. The SMILES string of the molecule is CC(C)(CCl)C(O)C(Oc1ccc(-c2ccc(Cl)cc2)cc1)n1cncn1.CC(C)(CCl)C(O)C(Oc1ccc(Oc2ccccc2)cc1)n1cncn1. The number of halogens is 3. The zero-order valence-corrected chi connectivity index (χ0v) is 32.6. The number of para-hydroxylation sites is 1. The second kappa shape index (κ2) is 18.6.